The average molecular weight is 487 g/mol. The standard InChI is InChI=1S/C31H22N2O4/c34-28-22-15-7-9-17-26(22)36-30(32-20-11-3-1-4-12-20)24(28)19-25-29(35)23-16-8-10-18-27(23)37-31(25)33-21-13-5-2-6-14-21/h1-18,32-33H,19H2. The molecule has 2 aromatic heterocycles. The summed E-state index contributed by atoms with van der Waals surface area (Å²) in [5.41, 5.74) is 2.69. The second-order valence-corrected chi connectivity index (χ2v) is 8.63. The molecule has 6 nitrogen and oxygen atoms in total. The quantitative estimate of drug-likeness (QED) is 0.264. The third-order valence-electron chi connectivity index (χ3n) is 6.20. The van der Waals surface area contributed by atoms with Crippen LogP contribution in [0.4, 0.5) is 23.1 Å². The Morgan fingerprint density at radius 1 is 0.486 bits per heavy atom. The summed E-state index contributed by atoms with van der Waals surface area (Å²) in [6.45, 7) is 0. The summed E-state index contributed by atoms with van der Waals surface area (Å²) in [7, 11) is 0. The first-order valence-electron chi connectivity index (χ1n) is 11.9. The van der Waals surface area contributed by atoms with Gasteiger partial charge in [0.2, 0.25) is 11.8 Å². The van der Waals surface area contributed by atoms with E-state index in [4.69, 9.17) is 8.83 Å². The highest BCUT2D eigenvalue weighted by atomic mass is 16.4. The Labute approximate surface area is 211 Å². The van der Waals surface area contributed by atoms with Gasteiger partial charge in [0.1, 0.15) is 11.2 Å². The normalized spacial score (nSPS) is 11.0. The smallest absolute Gasteiger partial charge is 0.205 e. The molecule has 0 amide bonds. The van der Waals surface area contributed by atoms with Crippen LogP contribution in [0.25, 0.3) is 21.9 Å². The highest BCUT2D eigenvalue weighted by Gasteiger charge is 2.21. The molecule has 37 heavy (non-hydrogen) atoms. The second kappa shape index (κ2) is 9.51. The summed E-state index contributed by atoms with van der Waals surface area (Å²) < 4.78 is 12.3. The first-order chi connectivity index (χ1) is 18.2. The maximum absolute atomic E-state index is 13.7. The fourth-order valence-corrected chi connectivity index (χ4v) is 4.37. The van der Waals surface area contributed by atoms with E-state index in [1.807, 2.05) is 72.8 Å². The van der Waals surface area contributed by atoms with E-state index in [-0.39, 0.29) is 29.0 Å². The fraction of sp³-hybridized carbons (Fsp3) is 0.0323. The molecule has 0 aliphatic carbocycles. The molecule has 0 radical (unpaired) electrons. The number of para-hydroxylation sites is 4. The maximum atomic E-state index is 13.7. The molecule has 0 aliphatic rings. The van der Waals surface area contributed by atoms with E-state index in [0.717, 1.165) is 11.4 Å². The van der Waals surface area contributed by atoms with E-state index in [9.17, 15) is 9.59 Å². The van der Waals surface area contributed by atoms with Gasteiger partial charge in [-0.3, -0.25) is 9.59 Å². The van der Waals surface area contributed by atoms with Gasteiger partial charge < -0.3 is 19.5 Å². The van der Waals surface area contributed by atoms with Crippen molar-refractivity contribution in [3.05, 3.63) is 141 Å². The minimum atomic E-state index is -0.210. The molecule has 0 saturated carbocycles. The first-order valence-corrected chi connectivity index (χ1v) is 11.9. The van der Waals surface area contributed by atoms with Crippen LogP contribution in [0.3, 0.4) is 0 Å². The predicted octanol–water partition coefficient (Wildman–Crippen LogP) is 6.98. The van der Waals surface area contributed by atoms with Gasteiger partial charge in [-0.1, -0.05) is 60.7 Å². The van der Waals surface area contributed by atoms with E-state index in [2.05, 4.69) is 10.6 Å². The number of hydrogen-bond acceptors (Lipinski definition) is 6. The van der Waals surface area contributed by atoms with Gasteiger partial charge in [0, 0.05) is 17.8 Å². The van der Waals surface area contributed by atoms with Gasteiger partial charge in [0.25, 0.3) is 0 Å². The number of nitrogens with one attached hydrogen (secondary N) is 2. The molecule has 0 atom stereocenters. The minimum Gasteiger partial charge on any atom is -0.440 e. The highest BCUT2D eigenvalue weighted by molar-refractivity contribution is 5.82. The molecule has 0 fully saturated rings. The average Bonchev–Trinajstić information content (AvgIpc) is 2.93. The summed E-state index contributed by atoms with van der Waals surface area (Å²) in [4.78, 5) is 27.5. The topological polar surface area (TPSA) is 84.5 Å². The first kappa shape index (κ1) is 22.4. The third-order valence-corrected chi connectivity index (χ3v) is 6.20. The minimum absolute atomic E-state index is 0.00463. The zero-order chi connectivity index (χ0) is 25.2. The number of anilines is 4. The molecule has 0 unspecified atom stereocenters. The van der Waals surface area contributed by atoms with Crippen LogP contribution in [0, 0.1) is 0 Å². The predicted molar refractivity (Wildman–Crippen MR) is 147 cm³/mol. The molecule has 0 spiro atoms. The maximum Gasteiger partial charge on any atom is 0.205 e. The molecular weight excluding hydrogens is 464 g/mol. The van der Waals surface area contributed by atoms with Crippen molar-refractivity contribution in [1.29, 1.82) is 0 Å². The number of fused-ring (bicyclic) bond motifs is 2. The number of rotatable bonds is 6. The summed E-state index contributed by atoms with van der Waals surface area (Å²) in [6.07, 6.45) is 0.00463. The lowest BCUT2D eigenvalue weighted by Gasteiger charge is -2.15. The van der Waals surface area contributed by atoms with Crippen molar-refractivity contribution in [3.63, 3.8) is 0 Å². The molecule has 2 heterocycles. The van der Waals surface area contributed by atoms with Crippen LogP contribution in [0.5, 0.6) is 0 Å². The third kappa shape index (κ3) is 4.36. The summed E-state index contributed by atoms with van der Waals surface area (Å²) in [6, 6.07) is 33.1. The Balaban J connectivity index is 1.55. The van der Waals surface area contributed by atoms with Gasteiger partial charge in [0.15, 0.2) is 10.9 Å². The van der Waals surface area contributed by atoms with Crippen molar-refractivity contribution in [3.8, 4) is 0 Å². The Kier molecular flexibility index (Phi) is 5.75. The lowest BCUT2D eigenvalue weighted by Crippen LogP contribution is -2.19. The molecule has 6 rings (SSSR count). The van der Waals surface area contributed by atoms with Gasteiger partial charge in [-0.25, -0.2) is 0 Å². The van der Waals surface area contributed by atoms with Gasteiger partial charge in [0.05, 0.1) is 21.9 Å². The van der Waals surface area contributed by atoms with Gasteiger partial charge >= 0.3 is 0 Å². The molecule has 0 saturated heterocycles. The van der Waals surface area contributed by atoms with E-state index in [0.29, 0.717) is 33.1 Å². The molecule has 180 valence electrons. The van der Waals surface area contributed by atoms with E-state index in [1.165, 1.54) is 0 Å². The Morgan fingerprint density at radius 2 is 0.865 bits per heavy atom. The van der Waals surface area contributed by atoms with Crippen LogP contribution in [0.1, 0.15) is 11.1 Å². The van der Waals surface area contributed by atoms with E-state index in [1.54, 1.807) is 36.4 Å². The van der Waals surface area contributed by atoms with Crippen LogP contribution in [-0.4, -0.2) is 0 Å². The van der Waals surface area contributed by atoms with Crippen molar-refractivity contribution in [2.24, 2.45) is 0 Å². The summed E-state index contributed by atoms with van der Waals surface area (Å²) in [5, 5.41) is 7.35. The van der Waals surface area contributed by atoms with Crippen molar-refractivity contribution in [1.82, 2.24) is 0 Å². The van der Waals surface area contributed by atoms with Crippen molar-refractivity contribution in [2.45, 2.75) is 6.42 Å². The number of benzene rings is 4. The van der Waals surface area contributed by atoms with Gasteiger partial charge in [-0.2, -0.15) is 0 Å². The molecule has 2 N–H and O–H groups in total. The Bertz CT molecular complexity index is 1700. The lowest BCUT2D eigenvalue weighted by atomic mass is 10.0. The van der Waals surface area contributed by atoms with Crippen molar-refractivity contribution < 1.29 is 8.83 Å². The monoisotopic (exact) mass is 486 g/mol. The highest BCUT2D eigenvalue weighted by Crippen LogP contribution is 2.29. The molecular formula is C31H22N2O4. The zero-order valence-corrected chi connectivity index (χ0v) is 19.7. The van der Waals surface area contributed by atoms with Crippen LogP contribution >= 0.6 is 0 Å². The summed E-state index contributed by atoms with van der Waals surface area (Å²) >= 11 is 0. The molecule has 0 aliphatic heterocycles. The Hall–Kier alpha value is -5.10. The second-order valence-electron chi connectivity index (χ2n) is 8.63. The lowest BCUT2D eigenvalue weighted by molar-refractivity contribution is 0.607. The van der Waals surface area contributed by atoms with E-state index < -0.39 is 0 Å². The van der Waals surface area contributed by atoms with Gasteiger partial charge in [-0.15, -0.1) is 0 Å². The zero-order valence-electron chi connectivity index (χ0n) is 19.7. The molecule has 4 aromatic carbocycles. The van der Waals surface area contributed by atoms with E-state index >= 15 is 0 Å². The van der Waals surface area contributed by atoms with Crippen LogP contribution in [0.2, 0.25) is 0 Å². The SMILES string of the molecule is O=c1c(Cc2c(Nc3ccccc3)oc3ccccc3c2=O)c(Nc2ccccc2)oc2ccccc12. The molecule has 6 heteroatoms. The van der Waals surface area contributed by atoms with Crippen LogP contribution < -0.4 is 21.5 Å². The number of hydrogen-bond donors (Lipinski definition) is 2. The Morgan fingerprint density at radius 3 is 1.30 bits per heavy atom. The molecule has 0 bridgehead atoms. The summed E-state index contributed by atoms with van der Waals surface area (Å²) in [5.74, 6) is 0.571. The molecule has 6 aromatic rings. The van der Waals surface area contributed by atoms with Crippen molar-refractivity contribution >= 4 is 45.1 Å². The van der Waals surface area contributed by atoms with Crippen molar-refractivity contribution in [2.75, 3.05) is 10.6 Å². The largest absolute Gasteiger partial charge is 0.440 e. The fourth-order valence-electron chi connectivity index (χ4n) is 4.37. The van der Waals surface area contributed by atoms with Gasteiger partial charge in [-0.05, 0) is 48.5 Å². The van der Waals surface area contributed by atoms with Crippen LogP contribution in [0.15, 0.2) is 128 Å². The van der Waals surface area contributed by atoms with Crippen LogP contribution in [-0.2, 0) is 6.42 Å².